The van der Waals surface area contributed by atoms with E-state index >= 15 is 0 Å². The zero-order valence-electron chi connectivity index (χ0n) is 14.9. The van der Waals surface area contributed by atoms with E-state index in [1.807, 2.05) is 0 Å². The summed E-state index contributed by atoms with van der Waals surface area (Å²) in [6, 6.07) is 4.33. The molecule has 1 saturated carbocycles. The number of piperidine rings is 1. The fourth-order valence-electron chi connectivity index (χ4n) is 3.95. The van der Waals surface area contributed by atoms with Crippen molar-refractivity contribution < 1.29 is 32.6 Å². The lowest BCUT2D eigenvalue weighted by Gasteiger charge is -2.28. The van der Waals surface area contributed by atoms with Crippen LogP contribution in [0.5, 0.6) is 5.75 Å². The summed E-state index contributed by atoms with van der Waals surface area (Å²) in [5, 5.41) is 16.8. The highest BCUT2D eigenvalue weighted by atomic mass is 19.4. The predicted molar refractivity (Wildman–Crippen MR) is 91.9 cm³/mol. The van der Waals surface area contributed by atoms with Gasteiger partial charge >= 0.3 is 6.36 Å². The van der Waals surface area contributed by atoms with Crippen molar-refractivity contribution in [1.82, 2.24) is 20.4 Å². The molecule has 8 nitrogen and oxygen atoms in total. The Morgan fingerprint density at radius 1 is 1.43 bits per heavy atom. The molecule has 1 aromatic carbocycles. The van der Waals surface area contributed by atoms with Crippen LogP contribution < -0.4 is 10.1 Å². The molecular weight excluding hydrogens is 381 g/mol. The number of H-pyrrole nitrogens is 1. The molecule has 1 aromatic heterocycles. The predicted octanol–water partition coefficient (Wildman–Crippen LogP) is 1.98. The van der Waals surface area contributed by atoms with Gasteiger partial charge in [0.25, 0.3) is 12.4 Å². The molecule has 28 heavy (non-hydrogen) atoms. The van der Waals surface area contributed by atoms with Crippen LogP contribution in [0.25, 0.3) is 10.9 Å². The number of fused-ring (bicyclic) bond motifs is 3. The molecule has 4 rings (SSSR count). The summed E-state index contributed by atoms with van der Waals surface area (Å²) in [4.78, 5) is 23.2. The van der Waals surface area contributed by atoms with Crippen molar-refractivity contribution in [2.45, 2.75) is 31.3 Å². The first kappa shape index (κ1) is 19.9. The van der Waals surface area contributed by atoms with Gasteiger partial charge in [-0.15, -0.1) is 13.2 Å². The number of halogens is 3. The molecule has 1 amide bonds. The highest BCUT2D eigenvalue weighted by Crippen LogP contribution is 2.37. The van der Waals surface area contributed by atoms with Gasteiger partial charge < -0.3 is 20.1 Å². The summed E-state index contributed by atoms with van der Waals surface area (Å²) in [7, 11) is 2.08. The quantitative estimate of drug-likeness (QED) is 0.680. The van der Waals surface area contributed by atoms with Crippen LogP contribution in [0.15, 0.2) is 18.2 Å². The Balaban J connectivity index is 0.000000706. The van der Waals surface area contributed by atoms with E-state index in [0.29, 0.717) is 22.9 Å². The Morgan fingerprint density at radius 2 is 2.14 bits per heavy atom. The summed E-state index contributed by atoms with van der Waals surface area (Å²) >= 11 is 0. The normalized spacial score (nSPS) is 23.9. The Kier molecular flexibility index (Phi) is 5.45. The number of aromatic amines is 1. The van der Waals surface area contributed by atoms with E-state index in [9.17, 15) is 18.0 Å². The summed E-state index contributed by atoms with van der Waals surface area (Å²) in [5.41, 5.74) is 0.561. The molecule has 2 bridgehead atoms. The number of hydrogen-bond acceptors (Lipinski definition) is 5. The van der Waals surface area contributed by atoms with Gasteiger partial charge in [0.2, 0.25) is 0 Å². The maximum Gasteiger partial charge on any atom is 0.573 e. The first-order valence-corrected chi connectivity index (χ1v) is 8.54. The van der Waals surface area contributed by atoms with Crippen molar-refractivity contribution >= 4 is 23.3 Å². The number of carbonyl (C=O) groups is 2. The molecule has 2 aliphatic rings. The first-order chi connectivity index (χ1) is 13.2. The van der Waals surface area contributed by atoms with Crippen molar-refractivity contribution in [3.63, 3.8) is 0 Å². The molecule has 3 unspecified atom stereocenters. The van der Waals surface area contributed by atoms with Crippen molar-refractivity contribution in [1.29, 1.82) is 0 Å². The Bertz CT molecular complexity index is 868. The maximum atomic E-state index is 12.6. The largest absolute Gasteiger partial charge is 0.573 e. The van der Waals surface area contributed by atoms with Crippen LogP contribution in [0.1, 0.15) is 23.3 Å². The Labute approximate surface area is 157 Å². The van der Waals surface area contributed by atoms with Crippen LogP contribution in [-0.2, 0) is 4.79 Å². The molecule has 0 spiro atoms. The summed E-state index contributed by atoms with van der Waals surface area (Å²) < 4.78 is 41.1. The highest BCUT2D eigenvalue weighted by Gasteiger charge is 2.43. The lowest BCUT2D eigenvalue weighted by atomic mass is 10.0. The molecular formula is C17H19F3N4O4. The fourth-order valence-corrected chi connectivity index (χ4v) is 3.95. The smallest absolute Gasteiger partial charge is 0.483 e. The van der Waals surface area contributed by atoms with Gasteiger partial charge in [-0.3, -0.25) is 14.7 Å². The minimum atomic E-state index is -4.78. The van der Waals surface area contributed by atoms with E-state index in [-0.39, 0.29) is 29.9 Å². The third-order valence-electron chi connectivity index (χ3n) is 5.12. The summed E-state index contributed by atoms with van der Waals surface area (Å²) in [5.74, 6) is -0.346. The van der Waals surface area contributed by atoms with Gasteiger partial charge in [0.1, 0.15) is 5.75 Å². The Hall–Kier alpha value is -2.82. The third-order valence-corrected chi connectivity index (χ3v) is 5.12. The zero-order valence-corrected chi connectivity index (χ0v) is 14.9. The minimum Gasteiger partial charge on any atom is -0.483 e. The summed E-state index contributed by atoms with van der Waals surface area (Å²) in [6.45, 7) is 0.695. The molecule has 3 N–H and O–H groups in total. The number of nitrogens with zero attached hydrogens (tertiary/aromatic N) is 2. The maximum absolute atomic E-state index is 12.6. The number of benzene rings is 1. The monoisotopic (exact) mass is 400 g/mol. The summed E-state index contributed by atoms with van der Waals surface area (Å²) in [6.07, 6.45) is -2.83. The van der Waals surface area contributed by atoms with Crippen LogP contribution in [0, 0.1) is 5.92 Å². The average molecular weight is 400 g/mol. The van der Waals surface area contributed by atoms with Crippen LogP contribution in [0.4, 0.5) is 13.2 Å². The molecule has 1 aliphatic heterocycles. The molecule has 1 saturated heterocycles. The number of carbonyl (C=O) groups excluding carboxylic acids is 1. The van der Waals surface area contributed by atoms with Crippen molar-refractivity contribution in [2.75, 3.05) is 13.6 Å². The van der Waals surface area contributed by atoms with Crippen molar-refractivity contribution in [3.05, 3.63) is 23.9 Å². The number of aromatic nitrogens is 2. The second kappa shape index (κ2) is 7.66. The SMILES string of the molecule is CN1CC2CC1CC2NC(=O)c1n[nH]c2ccc(OC(F)(F)F)cc12.O=CO. The van der Waals surface area contributed by atoms with Gasteiger partial charge in [-0.05, 0) is 44.0 Å². The fraction of sp³-hybridized carbons (Fsp3) is 0.471. The van der Waals surface area contributed by atoms with Crippen molar-refractivity contribution in [2.24, 2.45) is 5.92 Å². The van der Waals surface area contributed by atoms with E-state index in [1.165, 1.54) is 18.2 Å². The second-order valence-electron chi connectivity index (χ2n) is 6.84. The number of likely N-dealkylation sites (tertiary alicyclic amines) is 1. The Morgan fingerprint density at radius 3 is 2.71 bits per heavy atom. The first-order valence-electron chi connectivity index (χ1n) is 8.54. The van der Waals surface area contributed by atoms with Gasteiger partial charge in [0.05, 0.1) is 5.52 Å². The molecule has 152 valence electrons. The van der Waals surface area contributed by atoms with Gasteiger partial charge in [-0.25, -0.2) is 0 Å². The molecule has 3 atom stereocenters. The number of ether oxygens (including phenoxy) is 1. The topological polar surface area (TPSA) is 108 Å². The van der Waals surface area contributed by atoms with E-state index in [0.717, 1.165) is 19.4 Å². The lowest BCUT2D eigenvalue weighted by molar-refractivity contribution is -0.274. The van der Waals surface area contributed by atoms with Gasteiger partial charge in [0, 0.05) is 24.0 Å². The molecule has 0 radical (unpaired) electrons. The zero-order chi connectivity index (χ0) is 20.5. The van der Waals surface area contributed by atoms with Gasteiger partial charge in [-0.2, -0.15) is 5.10 Å². The van der Waals surface area contributed by atoms with E-state index in [2.05, 4.69) is 32.2 Å². The molecule has 11 heteroatoms. The standard InChI is InChI=1S/C16H17F3N4O2.CH2O2/c1-23-7-8-4-9(23)5-13(8)20-15(24)14-11-6-10(25-16(17,18)19)2-3-12(11)21-22-14;2-1-3/h2-3,6,8-9,13H,4-5,7H2,1H3,(H,20,24)(H,21,22);1H,(H,2,3). The van der Waals surface area contributed by atoms with Crippen LogP contribution in [0.3, 0.4) is 0 Å². The highest BCUT2D eigenvalue weighted by molar-refractivity contribution is 6.05. The number of nitrogens with one attached hydrogen (secondary N) is 2. The number of carboxylic acid groups (broad SMARTS) is 1. The molecule has 2 heterocycles. The third kappa shape index (κ3) is 4.19. The minimum absolute atomic E-state index is 0.0788. The number of amides is 1. The van der Waals surface area contributed by atoms with Crippen molar-refractivity contribution in [3.8, 4) is 5.75 Å². The number of rotatable bonds is 3. The molecule has 2 aromatic rings. The van der Waals surface area contributed by atoms with Gasteiger partial charge in [0.15, 0.2) is 5.69 Å². The van der Waals surface area contributed by atoms with Crippen LogP contribution >= 0.6 is 0 Å². The molecule has 2 fully saturated rings. The van der Waals surface area contributed by atoms with Gasteiger partial charge in [-0.1, -0.05) is 0 Å². The van der Waals surface area contributed by atoms with E-state index in [1.54, 1.807) is 0 Å². The lowest BCUT2D eigenvalue weighted by Crippen LogP contribution is -2.44. The van der Waals surface area contributed by atoms with Crippen LogP contribution in [-0.4, -0.2) is 64.6 Å². The second-order valence-corrected chi connectivity index (χ2v) is 6.84. The number of hydrogen-bond donors (Lipinski definition) is 3. The average Bonchev–Trinajstić information content (AvgIpc) is 3.27. The molecule has 1 aliphatic carbocycles. The number of alkyl halides is 3. The van der Waals surface area contributed by atoms with Crippen LogP contribution in [0.2, 0.25) is 0 Å². The van der Waals surface area contributed by atoms with E-state index in [4.69, 9.17) is 9.90 Å². The van der Waals surface area contributed by atoms with E-state index < -0.39 is 6.36 Å².